The second kappa shape index (κ2) is 7.62. The summed E-state index contributed by atoms with van der Waals surface area (Å²) in [6.45, 7) is 7.46. The van der Waals surface area contributed by atoms with Crippen molar-refractivity contribution in [3.63, 3.8) is 0 Å². The van der Waals surface area contributed by atoms with Gasteiger partial charge in [0.2, 0.25) is 0 Å². The molecule has 0 aromatic heterocycles. The molecule has 5 heteroatoms. The largest absolute Gasteiger partial charge is 0.383 e. The van der Waals surface area contributed by atoms with Gasteiger partial charge in [0.05, 0.1) is 12.6 Å². The van der Waals surface area contributed by atoms with Crippen LogP contribution >= 0.6 is 0 Å². The second-order valence-electron chi connectivity index (χ2n) is 3.57. The Kier molecular flexibility index (Phi) is 7.29. The molecule has 0 aromatic rings. The molecule has 0 fully saturated rings. The number of amides is 1. The Hall–Kier alpha value is -0.650. The monoisotopic (exact) mass is 217 g/mol. The number of carbonyl (C=O) groups is 1. The second-order valence-corrected chi connectivity index (χ2v) is 3.57. The third-order valence-electron chi connectivity index (χ3n) is 2.57. The van der Waals surface area contributed by atoms with E-state index in [2.05, 4.69) is 10.3 Å². The van der Waals surface area contributed by atoms with Crippen LogP contribution in [0.5, 0.6) is 0 Å². The van der Waals surface area contributed by atoms with E-state index in [0.29, 0.717) is 6.61 Å². The van der Waals surface area contributed by atoms with Crippen LogP contribution in [0.3, 0.4) is 0 Å². The van der Waals surface area contributed by atoms with E-state index in [1.54, 1.807) is 7.11 Å². The summed E-state index contributed by atoms with van der Waals surface area (Å²) in [5.74, 6) is 5.02. The van der Waals surface area contributed by atoms with Crippen LogP contribution in [0.2, 0.25) is 0 Å². The quantitative estimate of drug-likeness (QED) is 0.361. The summed E-state index contributed by atoms with van der Waals surface area (Å²) < 4.78 is 5.09. The molecule has 5 nitrogen and oxygen atoms in total. The van der Waals surface area contributed by atoms with Crippen molar-refractivity contribution in [2.75, 3.05) is 20.3 Å². The fourth-order valence-electron chi connectivity index (χ4n) is 1.84. The topological polar surface area (TPSA) is 67.6 Å². The zero-order valence-corrected chi connectivity index (χ0v) is 10.1. The molecule has 3 N–H and O–H groups in total. The lowest BCUT2D eigenvalue weighted by molar-refractivity contribution is -0.127. The molecule has 0 aromatic carbocycles. The number of carbonyl (C=O) groups excluding carboxylic acids is 1. The number of hydrogen-bond acceptors (Lipinski definition) is 4. The van der Waals surface area contributed by atoms with Gasteiger partial charge in [0.1, 0.15) is 0 Å². The van der Waals surface area contributed by atoms with Gasteiger partial charge in [-0.25, -0.2) is 5.84 Å². The van der Waals surface area contributed by atoms with Crippen molar-refractivity contribution < 1.29 is 9.53 Å². The highest BCUT2D eigenvalue weighted by molar-refractivity contribution is 5.81. The molecular formula is C10H23N3O2. The first-order valence-electron chi connectivity index (χ1n) is 5.37. The van der Waals surface area contributed by atoms with Gasteiger partial charge in [0.15, 0.2) is 0 Å². The Balaban J connectivity index is 4.52. The molecule has 0 rings (SSSR count). The Bertz CT molecular complexity index is 188. The molecular weight excluding hydrogens is 194 g/mol. The summed E-state index contributed by atoms with van der Waals surface area (Å²) in [6, 6.07) is 0.0346. The fourth-order valence-corrected chi connectivity index (χ4v) is 1.84. The maximum Gasteiger partial charge on any atom is 0.251 e. The van der Waals surface area contributed by atoms with Crippen LogP contribution in [0.4, 0.5) is 0 Å². The molecule has 15 heavy (non-hydrogen) atoms. The average Bonchev–Trinajstić information content (AvgIpc) is 2.24. The molecule has 0 aliphatic rings. The third-order valence-corrected chi connectivity index (χ3v) is 2.57. The van der Waals surface area contributed by atoms with Gasteiger partial charge in [0, 0.05) is 13.2 Å². The van der Waals surface area contributed by atoms with Crippen LogP contribution in [-0.2, 0) is 9.53 Å². The van der Waals surface area contributed by atoms with Gasteiger partial charge in [0.25, 0.3) is 5.91 Å². The first-order chi connectivity index (χ1) is 7.12. The van der Waals surface area contributed by atoms with Crippen molar-refractivity contribution in [1.82, 2.24) is 10.3 Å². The van der Waals surface area contributed by atoms with Gasteiger partial charge in [-0.15, -0.1) is 0 Å². The van der Waals surface area contributed by atoms with Gasteiger partial charge in [-0.2, -0.15) is 0 Å². The number of nitrogens with two attached hydrogens (primary N) is 1. The molecule has 0 bridgehead atoms. The highest BCUT2D eigenvalue weighted by Crippen LogP contribution is 2.09. The zero-order chi connectivity index (χ0) is 11.8. The Morgan fingerprint density at radius 2 is 2.13 bits per heavy atom. The lowest BCUT2D eigenvalue weighted by Crippen LogP contribution is -2.52. The van der Waals surface area contributed by atoms with Crippen molar-refractivity contribution in [1.29, 1.82) is 0 Å². The SMILES string of the molecule is CCC(C(=O)NN)N(CC)C(C)COC. The fraction of sp³-hybridized carbons (Fsp3) is 0.900. The van der Waals surface area contributed by atoms with E-state index in [-0.39, 0.29) is 18.0 Å². The number of methoxy groups -OCH3 is 1. The van der Waals surface area contributed by atoms with E-state index in [9.17, 15) is 4.79 Å². The number of hydrazine groups is 1. The zero-order valence-electron chi connectivity index (χ0n) is 10.1. The molecule has 90 valence electrons. The van der Waals surface area contributed by atoms with Crippen LogP contribution in [0, 0.1) is 0 Å². The number of rotatable bonds is 7. The molecule has 1 amide bonds. The number of nitrogens with one attached hydrogen (secondary N) is 1. The van der Waals surface area contributed by atoms with Crippen molar-refractivity contribution in [3.8, 4) is 0 Å². The summed E-state index contributed by atoms with van der Waals surface area (Å²) in [5, 5.41) is 0. The van der Waals surface area contributed by atoms with E-state index in [0.717, 1.165) is 13.0 Å². The van der Waals surface area contributed by atoms with E-state index in [1.165, 1.54) is 0 Å². The molecule has 2 unspecified atom stereocenters. The Morgan fingerprint density at radius 3 is 2.47 bits per heavy atom. The summed E-state index contributed by atoms with van der Waals surface area (Å²) >= 11 is 0. The van der Waals surface area contributed by atoms with Crippen molar-refractivity contribution in [2.45, 2.75) is 39.3 Å². The maximum atomic E-state index is 11.5. The maximum absolute atomic E-state index is 11.5. The van der Waals surface area contributed by atoms with Crippen molar-refractivity contribution >= 4 is 5.91 Å². The Morgan fingerprint density at radius 1 is 1.53 bits per heavy atom. The third kappa shape index (κ3) is 4.15. The lowest BCUT2D eigenvalue weighted by atomic mass is 10.1. The minimum absolute atomic E-state index is 0.137. The molecule has 2 atom stereocenters. The summed E-state index contributed by atoms with van der Waals surface area (Å²) in [5.41, 5.74) is 2.21. The Labute approximate surface area is 91.9 Å². The highest BCUT2D eigenvalue weighted by Gasteiger charge is 2.26. The van der Waals surface area contributed by atoms with Gasteiger partial charge in [-0.05, 0) is 19.9 Å². The van der Waals surface area contributed by atoms with Crippen LogP contribution in [0.15, 0.2) is 0 Å². The van der Waals surface area contributed by atoms with Crippen molar-refractivity contribution in [3.05, 3.63) is 0 Å². The number of likely N-dealkylation sites (N-methyl/N-ethyl adjacent to an activating group) is 1. The molecule has 0 heterocycles. The normalized spacial score (nSPS) is 15.1. The summed E-state index contributed by atoms with van der Waals surface area (Å²) in [4.78, 5) is 13.6. The minimum Gasteiger partial charge on any atom is -0.383 e. The number of ether oxygens (including phenoxy) is 1. The van der Waals surface area contributed by atoms with E-state index in [1.807, 2.05) is 20.8 Å². The molecule has 0 saturated heterocycles. The molecule has 0 spiro atoms. The highest BCUT2D eigenvalue weighted by atomic mass is 16.5. The average molecular weight is 217 g/mol. The molecule has 0 aliphatic carbocycles. The minimum atomic E-state index is -0.176. The van der Waals surface area contributed by atoms with Crippen LogP contribution in [0.25, 0.3) is 0 Å². The van der Waals surface area contributed by atoms with Crippen LogP contribution in [-0.4, -0.2) is 43.2 Å². The number of nitrogens with zero attached hydrogens (tertiary/aromatic N) is 1. The van der Waals surface area contributed by atoms with Gasteiger partial charge < -0.3 is 4.74 Å². The molecule has 0 saturated carbocycles. The molecule has 0 radical (unpaired) electrons. The lowest BCUT2D eigenvalue weighted by Gasteiger charge is -2.33. The molecule has 0 aliphatic heterocycles. The standard InChI is InChI=1S/C10H23N3O2/c1-5-9(10(14)12-11)13(6-2)8(3)7-15-4/h8-9H,5-7,11H2,1-4H3,(H,12,14). The predicted molar refractivity (Wildman–Crippen MR) is 60.1 cm³/mol. The first kappa shape index (κ1) is 14.3. The van der Waals surface area contributed by atoms with E-state index < -0.39 is 0 Å². The van der Waals surface area contributed by atoms with Gasteiger partial charge >= 0.3 is 0 Å². The van der Waals surface area contributed by atoms with Crippen LogP contribution < -0.4 is 11.3 Å². The van der Waals surface area contributed by atoms with E-state index in [4.69, 9.17) is 10.6 Å². The summed E-state index contributed by atoms with van der Waals surface area (Å²) in [6.07, 6.45) is 0.741. The first-order valence-corrected chi connectivity index (χ1v) is 5.37. The number of hydrogen-bond donors (Lipinski definition) is 2. The van der Waals surface area contributed by atoms with Crippen LogP contribution in [0.1, 0.15) is 27.2 Å². The summed E-state index contributed by atoms with van der Waals surface area (Å²) in [7, 11) is 1.66. The predicted octanol–water partition coefficient (Wildman–Crippen LogP) is 0.112. The van der Waals surface area contributed by atoms with Gasteiger partial charge in [-0.1, -0.05) is 13.8 Å². The van der Waals surface area contributed by atoms with Gasteiger partial charge in [-0.3, -0.25) is 15.1 Å². The van der Waals surface area contributed by atoms with Crippen molar-refractivity contribution in [2.24, 2.45) is 5.84 Å². The van der Waals surface area contributed by atoms with E-state index >= 15 is 0 Å². The smallest absolute Gasteiger partial charge is 0.251 e.